The molecule has 17 heavy (non-hydrogen) atoms. The SMILES string of the molecule is COCCNC(C)(CO)c1ccccc1OC. The van der Waals surface area contributed by atoms with Crippen molar-refractivity contribution in [3.05, 3.63) is 29.8 Å². The first-order chi connectivity index (χ1) is 8.18. The molecule has 4 heteroatoms. The van der Waals surface area contributed by atoms with E-state index in [0.717, 1.165) is 11.3 Å². The maximum Gasteiger partial charge on any atom is 0.123 e. The van der Waals surface area contributed by atoms with Crippen LogP contribution < -0.4 is 10.1 Å². The number of aliphatic hydroxyl groups is 1. The molecule has 0 saturated heterocycles. The molecule has 96 valence electrons. The maximum absolute atomic E-state index is 9.60. The number of para-hydroxylation sites is 1. The highest BCUT2D eigenvalue weighted by atomic mass is 16.5. The monoisotopic (exact) mass is 239 g/mol. The topological polar surface area (TPSA) is 50.7 Å². The fourth-order valence-electron chi connectivity index (χ4n) is 1.77. The lowest BCUT2D eigenvalue weighted by atomic mass is 9.92. The number of nitrogens with one attached hydrogen (secondary N) is 1. The predicted molar refractivity (Wildman–Crippen MR) is 67.3 cm³/mol. The molecule has 0 aliphatic rings. The second kappa shape index (κ2) is 6.59. The van der Waals surface area contributed by atoms with Gasteiger partial charge in [0.15, 0.2) is 0 Å². The lowest BCUT2D eigenvalue weighted by Gasteiger charge is -2.30. The maximum atomic E-state index is 9.60. The highest BCUT2D eigenvalue weighted by Gasteiger charge is 2.27. The summed E-state index contributed by atoms with van der Waals surface area (Å²) in [6, 6.07) is 7.69. The molecule has 0 aliphatic heterocycles. The minimum Gasteiger partial charge on any atom is -0.496 e. The largest absolute Gasteiger partial charge is 0.496 e. The molecule has 0 fully saturated rings. The van der Waals surface area contributed by atoms with Crippen LogP contribution in [-0.4, -0.2) is 39.1 Å². The first kappa shape index (κ1) is 14.0. The van der Waals surface area contributed by atoms with Crippen LogP contribution >= 0.6 is 0 Å². The quantitative estimate of drug-likeness (QED) is 0.701. The third-order valence-corrected chi connectivity index (χ3v) is 2.84. The van der Waals surface area contributed by atoms with E-state index in [9.17, 15) is 5.11 Å². The summed E-state index contributed by atoms with van der Waals surface area (Å²) in [5.41, 5.74) is 0.423. The molecule has 0 bridgehead atoms. The summed E-state index contributed by atoms with van der Waals surface area (Å²) in [5, 5.41) is 12.9. The summed E-state index contributed by atoms with van der Waals surface area (Å²) < 4.78 is 10.3. The van der Waals surface area contributed by atoms with E-state index in [0.29, 0.717) is 13.2 Å². The molecule has 0 aromatic heterocycles. The first-order valence-electron chi connectivity index (χ1n) is 5.66. The van der Waals surface area contributed by atoms with Crippen molar-refractivity contribution < 1.29 is 14.6 Å². The molecule has 1 atom stereocenters. The summed E-state index contributed by atoms with van der Waals surface area (Å²) in [5.74, 6) is 0.772. The minimum absolute atomic E-state index is 0.00289. The van der Waals surface area contributed by atoms with E-state index in [1.54, 1.807) is 14.2 Å². The Labute approximate surface area is 103 Å². The fourth-order valence-corrected chi connectivity index (χ4v) is 1.77. The van der Waals surface area contributed by atoms with Crippen molar-refractivity contribution in [3.8, 4) is 5.75 Å². The Morgan fingerprint density at radius 2 is 2.00 bits per heavy atom. The molecule has 1 rings (SSSR count). The lowest BCUT2D eigenvalue weighted by molar-refractivity contribution is 0.146. The van der Waals surface area contributed by atoms with Gasteiger partial charge in [0, 0.05) is 19.2 Å². The molecule has 0 spiro atoms. The zero-order valence-electron chi connectivity index (χ0n) is 10.7. The van der Waals surface area contributed by atoms with Gasteiger partial charge in [-0.25, -0.2) is 0 Å². The standard InChI is InChI=1S/C13H21NO3/c1-13(10-15,14-8-9-16-2)11-6-4-5-7-12(11)17-3/h4-7,14-15H,8-10H2,1-3H3. The Kier molecular flexibility index (Phi) is 5.41. The summed E-state index contributed by atoms with van der Waals surface area (Å²) in [4.78, 5) is 0. The molecular formula is C13H21NO3. The number of methoxy groups -OCH3 is 2. The highest BCUT2D eigenvalue weighted by Crippen LogP contribution is 2.29. The van der Waals surface area contributed by atoms with Gasteiger partial charge in [0.2, 0.25) is 0 Å². The van der Waals surface area contributed by atoms with Gasteiger partial charge in [-0.3, -0.25) is 0 Å². The third-order valence-electron chi connectivity index (χ3n) is 2.84. The second-order valence-electron chi connectivity index (χ2n) is 4.11. The van der Waals surface area contributed by atoms with Gasteiger partial charge in [-0.1, -0.05) is 18.2 Å². The predicted octanol–water partition coefficient (Wildman–Crippen LogP) is 1.14. The van der Waals surface area contributed by atoms with E-state index in [2.05, 4.69) is 5.32 Å². The van der Waals surface area contributed by atoms with Crippen molar-refractivity contribution in [2.45, 2.75) is 12.5 Å². The summed E-state index contributed by atoms with van der Waals surface area (Å²) in [6.45, 7) is 3.22. The van der Waals surface area contributed by atoms with Gasteiger partial charge < -0.3 is 19.9 Å². The van der Waals surface area contributed by atoms with Gasteiger partial charge in [0.05, 0.1) is 25.9 Å². The minimum atomic E-state index is -0.523. The van der Waals surface area contributed by atoms with E-state index in [-0.39, 0.29) is 6.61 Å². The first-order valence-corrected chi connectivity index (χ1v) is 5.66. The van der Waals surface area contributed by atoms with Crippen molar-refractivity contribution in [1.29, 1.82) is 0 Å². The molecule has 0 aliphatic carbocycles. The van der Waals surface area contributed by atoms with Gasteiger partial charge in [0.1, 0.15) is 5.75 Å². The lowest BCUT2D eigenvalue weighted by Crippen LogP contribution is -2.44. The van der Waals surface area contributed by atoms with E-state index < -0.39 is 5.54 Å². The molecule has 1 unspecified atom stereocenters. The van der Waals surface area contributed by atoms with Crippen LogP contribution in [0.2, 0.25) is 0 Å². The van der Waals surface area contributed by atoms with Gasteiger partial charge >= 0.3 is 0 Å². The number of aliphatic hydroxyl groups excluding tert-OH is 1. The van der Waals surface area contributed by atoms with Gasteiger partial charge in [-0.15, -0.1) is 0 Å². The van der Waals surface area contributed by atoms with E-state index in [4.69, 9.17) is 9.47 Å². The van der Waals surface area contributed by atoms with Gasteiger partial charge in [0.25, 0.3) is 0 Å². The van der Waals surface area contributed by atoms with E-state index in [1.165, 1.54) is 0 Å². The van der Waals surface area contributed by atoms with Crippen LogP contribution in [0.25, 0.3) is 0 Å². The van der Waals surface area contributed by atoms with Crippen LogP contribution in [0.5, 0.6) is 5.75 Å². The second-order valence-corrected chi connectivity index (χ2v) is 4.11. The highest BCUT2D eigenvalue weighted by molar-refractivity contribution is 5.38. The molecule has 2 N–H and O–H groups in total. The van der Waals surface area contributed by atoms with Crippen molar-refractivity contribution in [2.24, 2.45) is 0 Å². The number of ether oxygens (including phenoxy) is 2. The van der Waals surface area contributed by atoms with Crippen molar-refractivity contribution >= 4 is 0 Å². The average molecular weight is 239 g/mol. The summed E-state index contributed by atoms with van der Waals surface area (Å²) in [7, 11) is 3.28. The van der Waals surface area contributed by atoms with Crippen LogP contribution in [0, 0.1) is 0 Å². The van der Waals surface area contributed by atoms with Gasteiger partial charge in [-0.05, 0) is 13.0 Å². The van der Waals surface area contributed by atoms with Crippen LogP contribution in [0.15, 0.2) is 24.3 Å². The molecule has 0 saturated carbocycles. The fraction of sp³-hybridized carbons (Fsp3) is 0.538. The average Bonchev–Trinajstić information content (AvgIpc) is 2.38. The van der Waals surface area contributed by atoms with Crippen LogP contribution in [0.4, 0.5) is 0 Å². The number of benzene rings is 1. The third kappa shape index (κ3) is 3.43. The number of rotatable bonds is 7. The zero-order valence-corrected chi connectivity index (χ0v) is 10.7. The molecule has 4 nitrogen and oxygen atoms in total. The normalized spacial score (nSPS) is 14.4. The van der Waals surface area contributed by atoms with Crippen LogP contribution in [0.3, 0.4) is 0 Å². The van der Waals surface area contributed by atoms with Gasteiger partial charge in [-0.2, -0.15) is 0 Å². The Morgan fingerprint density at radius 3 is 2.59 bits per heavy atom. The zero-order chi connectivity index (χ0) is 12.7. The molecule has 1 aromatic rings. The molecule has 0 radical (unpaired) electrons. The van der Waals surface area contributed by atoms with E-state index >= 15 is 0 Å². The molecule has 1 aromatic carbocycles. The summed E-state index contributed by atoms with van der Waals surface area (Å²) >= 11 is 0. The Bertz CT molecular complexity index is 343. The molecular weight excluding hydrogens is 218 g/mol. The Hall–Kier alpha value is -1.10. The van der Waals surface area contributed by atoms with Crippen molar-refractivity contribution in [2.75, 3.05) is 34.0 Å². The van der Waals surface area contributed by atoms with Crippen molar-refractivity contribution in [1.82, 2.24) is 5.32 Å². The Morgan fingerprint density at radius 1 is 1.29 bits per heavy atom. The molecule has 0 heterocycles. The van der Waals surface area contributed by atoms with Crippen molar-refractivity contribution in [3.63, 3.8) is 0 Å². The smallest absolute Gasteiger partial charge is 0.123 e. The number of hydrogen-bond acceptors (Lipinski definition) is 4. The molecule has 0 amide bonds. The summed E-state index contributed by atoms with van der Waals surface area (Å²) in [6.07, 6.45) is 0. The van der Waals surface area contributed by atoms with Crippen LogP contribution in [0.1, 0.15) is 12.5 Å². The number of hydrogen-bond donors (Lipinski definition) is 2. The Balaban J connectivity index is 2.90. The van der Waals surface area contributed by atoms with E-state index in [1.807, 2.05) is 31.2 Å². The van der Waals surface area contributed by atoms with Crippen LogP contribution in [-0.2, 0) is 10.3 Å².